The van der Waals surface area contributed by atoms with E-state index in [0.29, 0.717) is 5.56 Å². The van der Waals surface area contributed by atoms with E-state index >= 15 is 0 Å². The predicted octanol–water partition coefficient (Wildman–Crippen LogP) is 6.41. The summed E-state index contributed by atoms with van der Waals surface area (Å²) in [4.78, 5) is 11.2. The van der Waals surface area contributed by atoms with E-state index in [4.69, 9.17) is 0 Å². The van der Waals surface area contributed by atoms with E-state index < -0.39 is 5.97 Å². The number of hydrogen-bond donors (Lipinski definition) is 1. The van der Waals surface area contributed by atoms with E-state index in [0.717, 1.165) is 22.3 Å². The normalized spacial score (nSPS) is 17.3. The molecule has 142 valence electrons. The molecule has 0 radical (unpaired) electrons. The fourth-order valence-corrected chi connectivity index (χ4v) is 4.33. The van der Waals surface area contributed by atoms with Crippen LogP contribution in [0.15, 0.2) is 36.9 Å². The van der Waals surface area contributed by atoms with Crippen molar-refractivity contribution in [2.24, 2.45) is 0 Å². The first-order valence-corrected chi connectivity index (χ1v) is 9.63. The van der Waals surface area contributed by atoms with Gasteiger partial charge in [0.25, 0.3) is 0 Å². The van der Waals surface area contributed by atoms with Gasteiger partial charge in [0.1, 0.15) is 0 Å². The van der Waals surface area contributed by atoms with E-state index in [9.17, 15) is 9.90 Å². The van der Waals surface area contributed by atoms with E-state index in [1.54, 1.807) is 12.1 Å². The Balaban J connectivity index is 2.13. The Morgan fingerprint density at radius 2 is 1.41 bits per heavy atom. The maximum Gasteiger partial charge on any atom is 0.335 e. The lowest BCUT2D eigenvalue weighted by Gasteiger charge is -2.42. The fourth-order valence-electron chi connectivity index (χ4n) is 4.33. The molecule has 0 fully saturated rings. The summed E-state index contributed by atoms with van der Waals surface area (Å²) >= 11 is 0. The van der Waals surface area contributed by atoms with Gasteiger partial charge < -0.3 is 5.11 Å². The third kappa shape index (κ3) is 3.34. The Hall–Kier alpha value is -2.35. The molecule has 0 saturated heterocycles. The van der Waals surface area contributed by atoms with E-state index in [2.05, 4.69) is 53.3 Å². The summed E-state index contributed by atoms with van der Waals surface area (Å²) in [7, 11) is 0. The molecule has 27 heavy (non-hydrogen) atoms. The number of carboxylic acids is 1. The van der Waals surface area contributed by atoms with Gasteiger partial charge in [-0.2, -0.15) is 0 Å². The molecule has 1 N–H and O–H groups in total. The van der Waals surface area contributed by atoms with Gasteiger partial charge in [-0.15, -0.1) is 0 Å². The van der Waals surface area contributed by atoms with Gasteiger partial charge >= 0.3 is 5.97 Å². The maximum absolute atomic E-state index is 11.2. The first-order valence-electron chi connectivity index (χ1n) is 9.63. The number of fused-ring (bicyclic) bond motifs is 1. The molecule has 0 atom stereocenters. The third-order valence-electron chi connectivity index (χ3n) is 6.32. The largest absolute Gasteiger partial charge is 0.478 e. The van der Waals surface area contributed by atoms with Crippen molar-refractivity contribution in [1.29, 1.82) is 0 Å². The minimum absolute atomic E-state index is 0.149. The van der Waals surface area contributed by atoms with Crippen LogP contribution in [0.2, 0.25) is 0 Å². The number of hydrogen-bond acceptors (Lipinski definition) is 1. The molecule has 2 heteroatoms. The lowest BCUT2D eigenvalue weighted by Crippen LogP contribution is -2.34. The van der Waals surface area contributed by atoms with Crippen LogP contribution < -0.4 is 0 Å². The van der Waals surface area contributed by atoms with Crippen molar-refractivity contribution in [2.45, 2.75) is 65.2 Å². The van der Waals surface area contributed by atoms with Crippen LogP contribution in [0.25, 0.3) is 5.57 Å². The SMILES string of the molecule is C=C(c1ccc(C(=O)O)cc1C)c1cc2c(cc1C)C(C)(C)CCC2(C)C. The molecule has 0 saturated carbocycles. The monoisotopic (exact) mass is 362 g/mol. The fraction of sp³-hybridized carbons (Fsp3) is 0.400. The van der Waals surface area contributed by atoms with Crippen LogP contribution in [-0.2, 0) is 10.8 Å². The standard InChI is InChI=1S/C25H30O2/c1-15-12-18(23(26)27)8-9-19(15)17(3)20-14-22-21(13-16(20)2)24(4,5)10-11-25(22,6)7/h8-9,12-14H,3,10-11H2,1-2,4-7H3,(H,26,27). The molecule has 0 heterocycles. The molecule has 0 aliphatic heterocycles. The summed E-state index contributed by atoms with van der Waals surface area (Å²) in [6.07, 6.45) is 2.37. The number of aromatic carboxylic acids is 1. The molecular weight excluding hydrogens is 332 g/mol. The maximum atomic E-state index is 11.2. The number of benzene rings is 2. The molecule has 2 aromatic carbocycles. The van der Waals surface area contributed by atoms with Gasteiger partial charge in [-0.25, -0.2) is 4.79 Å². The number of aryl methyl sites for hydroxylation is 2. The van der Waals surface area contributed by atoms with Crippen LogP contribution in [0.3, 0.4) is 0 Å². The molecule has 0 spiro atoms. The Bertz CT molecular complexity index is 945. The lowest BCUT2D eigenvalue weighted by atomic mass is 9.62. The Labute approximate surface area is 162 Å². The first-order chi connectivity index (χ1) is 12.4. The molecule has 1 aliphatic rings. The molecule has 0 unspecified atom stereocenters. The number of carbonyl (C=O) groups is 1. The highest BCUT2D eigenvalue weighted by atomic mass is 16.4. The first kappa shape index (κ1) is 19.4. The summed E-state index contributed by atoms with van der Waals surface area (Å²) in [6.45, 7) is 17.8. The minimum Gasteiger partial charge on any atom is -0.478 e. The van der Waals surface area contributed by atoms with Crippen LogP contribution in [0.4, 0.5) is 0 Å². The van der Waals surface area contributed by atoms with Crippen molar-refractivity contribution in [3.63, 3.8) is 0 Å². The molecule has 3 rings (SSSR count). The van der Waals surface area contributed by atoms with Crippen LogP contribution in [0, 0.1) is 13.8 Å². The quantitative estimate of drug-likeness (QED) is 0.685. The second-order valence-corrected chi connectivity index (χ2v) is 9.29. The summed E-state index contributed by atoms with van der Waals surface area (Å²) in [6, 6.07) is 9.95. The number of carboxylic acid groups (broad SMARTS) is 1. The molecular formula is C25H30O2. The van der Waals surface area contributed by atoms with Crippen LogP contribution in [-0.4, -0.2) is 11.1 Å². The molecule has 0 bridgehead atoms. The highest BCUT2D eigenvalue weighted by Crippen LogP contribution is 2.47. The van der Waals surface area contributed by atoms with Gasteiger partial charge in [0, 0.05) is 0 Å². The van der Waals surface area contributed by atoms with Crippen molar-refractivity contribution >= 4 is 11.5 Å². The van der Waals surface area contributed by atoms with Crippen LogP contribution in [0.5, 0.6) is 0 Å². The van der Waals surface area contributed by atoms with E-state index in [-0.39, 0.29) is 10.8 Å². The summed E-state index contributed by atoms with van der Waals surface area (Å²) in [5.41, 5.74) is 8.82. The van der Waals surface area contributed by atoms with E-state index in [1.807, 2.05) is 13.0 Å². The predicted molar refractivity (Wildman–Crippen MR) is 113 cm³/mol. The average Bonchev–Trinajstić information content (AvgIpc) is 2.58. The molecule has 0 aromatic heterocycles. The van der Waals surface area contributed by atoms with Crippen LogP contribution in [0.1, 0.15) is 84.3 Å². The van der Waals surface area contributed by atoms with Gasteiger partial charge in [-0.1, -0.05) is 52.5 Å². The molecule has 1 aliphatic carbocycles. The van der Waals surface area contributed by atoms with Crippen LogP contribution >= 0.6 is 0 Å². The number of rotatable bonds is 3. The highest BCUT2D eigenvalue weighted by Gasteiger charge is 2.37. The zero-order valence-corrected chi connectivity index (χ0v) is 17.4. The molecule has 2 nitrogen and oxygen atoms in total. The van der Waals surface area contributed by atoms with Crippen molar-refractivity contribution in [2.75, 3.05) is 0 Å². The second-order valence-electron chi connectivity index (χ2n) is 9.29. The van der Waals surface area contributed by atoms with Gasteiger partial charge in [0.15, 0.2) is 0 Å². The highest BCUT2D eigenvalue weighted by molar-refractivity contribution is 5.90. The summed E-state index contributed by atoms with van der Waals surface area (Å²) < 4.78 is 0. The van der Waals surface area contributed by atoms with Gasteiger partial charge in [-0.3, -0.25) is 0 Å². The Morgan fingerprint density at radius 3 is 1.93 bits per heavy atom. The van der Waals surface area contributed by atoms with E-state index in [1.165, 1.54) is 29.5 Å². The average molecular weight is 363 g/mol. The Morgan fingerprint density at radius 1 is 0.889 bits per heavy atom. The van der Waals surface area contributed by atoms with Crippen molar-refractivity contribution in [3.05, 3.63) is 75.9 Å². The Kier molecular flexibility index (Phi) is 4.58. The zero-order chi connectivity index (χ0) is 20.1. The summed E-state index contributed by atoms with van der Waals surface area (Å²) in [5, 5.41) is 9.22. The minimum atomic E-state index is -0.899. The van der Waals surface area contributed by atoms with Crippen molar-refractivity contribution < 1.29 is 9.90 Å². The van der Waals surface area contributed by atoms with Gasteiger partial charge in [-0.05, 0) is 88.6 Å². The molecule has 2 aromatic rings. The molecule has 0 amide bonds. The lowest BCUT2D eigenvalue weighted by molar-refractivity contribution is 0.0697. The van der Waals surface area contributed by atoms with Crippen molar-refractivity contribution in [1.82, 2.24) is 0 Å². The topological polar surface area (TPSA) is 37.3 Å². The smallest absolute Gasteiger partial charge is 0.335 e. The second kappa shape index (κ2) is 6.37. The van der Waals surface area contributed by atoms with Crippen molar-refractivity contribution in [3.8, 4) is 0 Å². The van der Waals surface area contributed by atoms with Gasteiger partial charge in [0.05, 0.1) is 5.56 Å². The zero-order valence-electron chi connectivity index (χ0n) is 17.4. The third-order valence-corrected chi connectivity index (χ3v) is 6.32. The summed E-state index contributed by atoms with van der Waals surface area (Å²) in [5.74, 6) is -0.899. The van der Waals surface area contributed by atoms with Gasteiger partial charge in [0.2, 0.25) is 0 Å².